The second-order valence-corrected chi connectivity index (χ2v) is 9.02. The lowest BCUT2D eigenvalue weighted by Gasteiger charge is -2.23. The lowest BCUT2D eigenvalue weighted by Crippen LogP contribution is -2.43. The molecule has 1 aliphatic rings. The summed E-state index contributed by atoms with van der Waals surface area (Å²) in [6.45, 7) is 0. The second-order valence-electron chi connectivity index (χ2n) is 4.73. The average Bonchev–Trinajstić information content (AvgIpc) is 2.25. The third-order valence-electron chi connectivity index (χ3n) is 3.05. The van der Waals surface area contributed by atoms with Gasteiger partial charge in [0.25, 0.3) is 0 Å². The van der Waals surface area contributed by atoms with Crippen LogP contribution in [-0.2, 0) is 19.9 Å². The highest BCUT2D eigenvalue weighted by atomic mass is 35.5. The first kappa shape index (κ1) is 15.6. The van der Waals surface area contributed by atoms with Crippen molar-refractivity contribution >= 4 is 37.1 Å². The van der Waals surface area contributed by atoms with E-state index in [9.17, 15) is 16.8 Å². The van der Waals surface area contributed by atoms with Crippen LogP contribution in [0.4, 0.5) is 5.69 Å². The van der Waals surface area contributed by atoms with Crippen LogP contribution in [0.3, 0.4) is 0 Å². The largest absolute Gasteiger partial charge is 0.398 e. The maximum absolute atomic E-state index is 12.3. The summed E-state index contributed by atoms with van der Waals surface area (Å²) in [5.74, 6) is -0.101. The van der Waals surface area contributed by atoms with Gasteiger partial charge in [-0.05, 0) is 25.0 Å². The molecule has 1 unspecified atom stereocenters. The molecule has 0 radical (unpaired) electrons. The Morgan fingerprint density at radius 3 is 2.65 bits per heavy atom. The molecule has 2 rings (SSSR count). The van der Waals surface area contributed by atoms with Crippen molar-refractivity contribution in [2.45, 2.75) is 23.8 Å². The number of nitrogens with one attached hydrogen (secondary N) is 1. The Labute approximate surface area is 123 Å². The normalized spacial score (nSPS) is 22.6. The minimum Gasteiger partial charge on any atom is -0.398 e. The summed E-state index contributed by atoms with van der Waals surface area (Å²) in [5, 5.41) is 0.0103. The molecule has 1 fully saturated rings. The van der Waals surface area contributed by atoms with Crippen LogP contribution in [-0.4, -0.2) is 34.4 Å². The quantitative estimate of drug-likeness (QED) is 0.792. The lowest BCUT2D eigenvalue weighted by atomic mass is 10.2. The van der Waals surface area contributed by atoms with Crippen molar-refractivity contribution in [3.8, 4) is 0 Å². The third kappa shape index (κ3) is 3.43. The Morgan fingerprint density at radius 1 is 1.35 bits per heavy atom. The van der Waals surface area contributed by atoms with Crippen LogP contribution in [0.25, 0.3) is 0 Å². The van der Waals surface area contributed by atoms with E-state index in [0.29, 0.717) is 12.8 Å². The minimum absolute atomic E-state index is 0.0103. The number of nitrogen functional groups attached to an aromatic ring is 1. The molecular formula is C11H15ClN2O4S2. The molecule has 20 heavy (non-hydrogen) atoms. The molecule has 1 aromatic carbocycles. The molecule has 1 aliphatic heterocycles. The van der Waals surface area contributed by atoms with Crippen molar-refractivity contribution in [3.05, 3.63) is 23.2 Å². The van der Waals surface area contributed by atoms with Crippen LogP contribution < -0.4 is 10.5 Å². The van der Waals surface area contributed by atoms with Crippen molar-refractivity contribution in [1.82, 2.24) is 4.72 Å². The van der Waals surface area contributed by atoms with E-state index in [1.807, 2.05) is 0 Å². The van der Waals surface area contributed by atoms with Gasteiger partial charge >= 0.3 is 0 Å². The smallest absolute Gasteiger partial charge is 0.244 e. The highest BCUT2D eigenvalue weighted by Crippen LogP contribution is 2.27. The van der Waals surface area contributed by atoms with E-state index in [1.54, 1.807) is 6.07 Å². The van der Waals surface area contributed by atoms with Crippen LogP contribution >= 0.6 is 11.6 Å². The Kier molecular flexibility index (Phi) is 4.29. The molecule has 6 nitrogen and oxygen atoms in total. The molecular weight excluding hydrogens is 324 g/mol. The van der Waals surface area contributed by atoms with E-state index in [-0.39, 0.29) is 27.1 Å². The Bertz CT molecular complexity index is 696. The van der Waals surface area contributed by atoms with Gasteiger partial charge in [-0.1, -0.05) is 17.7 Å². The number of hydrogen-bond acceptors (Lipinski definition) is 5. The van der Waals surface area contributed by atoms with Gasteiger partial charge in [-0.3, -0.25) is 0 Å². The average molecular weight is 339 g/mol. The van der Waals surface area contributed by atoms with Gasteiger partial charge < -0.3 is 5.73 Å². The molecule has 1 heterocycles. The molecule has 9 heteroatoms. The van der Waals surface area contributed by atoms with Crippen molar-refractivity contribution in [3.63, 3.8) is 0 Å². The predicted molar refractivity (Wildman–Crippen MR) is 77.9 cm³/mol. The molecule has 0 aromatic heterocycles. The molecule has 1 atom stereocenters. The number of rotatable bonds is 3. The maximum Gasteiger partial charge on any atom is 0.244 e. The molecule has 0 spiro atoms. The summed E-state index contributed by atoms with van der Waals surface area (Å²) in [6.07, 6.45) is 0.913. The van der Waals surface area contributed by atoms with Gasteiger partial charge in [0.05, 0.1) is 22.2 Å². The molecule has 112 valence electrons. The van der Waals surface area contributed by atoms with Crippen LogP contribution in [0.15, 0.2) is 23.1 Å². The molecule has 0 bridgehead atoms. The van der Waals surface area contributed by atoms with E-state index in [2.05, 4.69) is 4.72 Å². The second kappa shape index (κ2) is 5.51. The highest BCUT2D eigenvalue weighted by Gasteiger charge is 2.30. The molecule has 0 aliphatic carbocycles. The van der Waals surface area contributed by atoms with Gasteiger partial charge in [0.2, 0.25) is 10.0 Å². The summed E-state index contributed by atoms with van der Waals surface area (Å²) >= 11 is 5.87. The van der Waals surface area contributed by atoms with Gasteiger partial charge in [-0.25, -0.2) is 21.6 Å². The third-order valence-corrected chi connectivity index (χ3v) is 6.94. The summed E-state index contributed by atoms with van der Waals surface area (Å²) in [5.41, 5.74) is 5.68. The van der Waals surface area contributed by atoms with Gasteiger partial charge in [-0.2, -0.15) is 0 Å². The SMILES string of the molecule is Nc1cccc(Cl)c1S(=O)(=O)NC1CCCS(=O)(=O)C1. The fraction of sp³-hybridized carbons (Fsp3) is 0.455. The first-order chi connectivity index (χ1) is 9.21. The monoisotopic (exact) mass is 338 g/mol. The van der Waals surface area contributed by atoms with Crippen LogP contribution in [0.5, 0.6) is 0 Å². The van der Waals surface area contributed by atoms with E-state index in [1.165, 1.54) is 12.1 Å². The Balaban J connectivity index is 2.28. The van der Waals surface area contributed by atoms with E-state index in [4.69, 9.17) is 17.3 Å². The first-order valence-corrected chi connectivity index (χ1v) is 9.66. The topological polar surface area (TPSA) is 106 Å². The number of sulfone groups is 1. The Morgan fingerprint density at radius 2 is 2.05 bits per heavy atom. The number of halogens is 1. The molecule has 1 saturated heterocycles. The number of anilines is 1. The van der Waals surface area contributed by atoms with Crippen molar-refractivity contribution in [2.24, 2.45) is 0 Å². The zero-order chi connectivity index (χ0) is 15.0. The van der Waals surface area contributed by atoms with E-state index >= 15 is 0 Å². The highest BCUT2D eigenvalue weighted by molar-refractivity contribution is 7.91. The summed E-state index contributed by atoms with van der Waals surface area (Å²) in [7, 11) is -7.14. The van der Waals surface area contributed by atoms with Gasteiger partial charge in [0, 0.05) is 6.04 Å². The first-order valence-electron chi connectivity index (χ1n) is 5.98. The fourth-order valence-corrected chi connectivity index (χ4v) is 5.89. The zero-order valence-electron chi connectivity index (χ0n) is 10.5. The maximum atomic E-state index is 12.3. The summed E-state index contributed by atoms with van der Waals surface area (Å²) in [6, 6.07) is 3.75. The van der Waals surface area contributed by atoms with Crippen molar-refractivity contribution in [1.29, 1.82) is 0 Å². The van der Waals surface area contributed by atoms with Crippen LogP contribution in [0.2, 0.25) is 5.02 Å². The fourth-order valence-electron chi connectivity index (χ4n) is 2.20. The van der Waals surface area contributed by atoms with Gasteiger partial charge in [0.1, 0.15) is 4.90 Å². The molecule has 0 amide bonds. The van der Waals surface area contributed by atoms with E-state index < -0.39 is 25.9 Å². The Hall–Kier alpha value is -0.830. The van der Waals surface area contributed by atoms with Gasteiger partial charge in [-0.15, -0.1) is 0 Å². The summed E-state index contributed by atoms with van der Waals surface area (Å²) in [4.78, 5) is -0.204. The summed E-state index contributed by atoms with van der Waals surface area (Å²) < 4.78 is 50.0. The number of hydrogen-bond donors (Lipinski definition) is 2. The van der Waals surface area contributed by atoms with Crippen molar-refractivity contribution < 1.29 is 16.8 Å². The number of benzene rings is 1. The molecule has 1 aromatic rings. The van der Waals surface area contributed by atoms with Crippen LogP contribution in [0.1, 0.15) is 12.8 Å². The standard InChI is InChI=1S/C11H15ClN2O4S2/c12-9-4-1-5-10(13)11(9)20(17,18)14-8-3-2-6-19(15,16)7-8/h1,4-5,8,14H,2-3,6-7,13H2. The molecule has 0 saturated carbocycles. The lowest BCUT2D eigenvalue weighted by molar-refractivity contribution is 0.517. The van der Waals surface area contributed by atoms with Crippen molar-refractivity contribution in [2.75, 3.05) is 17.2 Å². The van der Waals surface area contributed by atoms with Gasteiger partial charge in [0.15, 0.2) is 9.84 Å². The molecule has 3 N–H and O–H groups in total. The zero-order valence-corrected chi connectivity index (χ0v) is 12.9. The minimum atomic E-state index is -3.94. The number of sulfonamides is 1. The predicted octanol–water partition coefficient (Wildman–Crippen LogP) is 0.778. The van der Waals surface area contributed by atoms with E-state index in [0.717, 1.165) is 0 Å². The number of nitrogens with two attached hydrogens (primary N) is 1. The van der Waals surface area contributed by atoms with Crippen LogP contribution in [0, 0.1) is 0 Å².